The second-order valence-corrected chi connectivity index (χ2v) is 6.93. The maximum absolute atomic E-state index is 12.8. The number of carbonyl (C=O) groups is 2. The normalized spacial score (nSPS) is 24.2. The molecule has 124 valence electrons. The number of nitrogens with zero attached hydrogens (tertiary/aromatic N) is 1. The van der Waals surface area contributed by atoms with Crippen LogP contribution in [0.1, 0.15) is 71.9 Å². The van der Waals surface area contributed by atoms with Gasteiger partial charge in [-0.1, -0.05) is 19.8 Å². The number of hydrogen-bond acceptors (Lipinski definition) is 3. The molecule has 0 bridgehead atoms. The van der Waals surface area contributed by atoms with Gasteiger partial charge < -0.3 is 9.88 Å². The van der Waals surface area contributed by atoms with E-state index in [0.717, 1.165) is 25.7 Å². The fourth-order valence-corrected chi connectivity index (χ4v) is 3.95. The number of aryl methyl sites for hydroxylation is 1. The van der Waals surface area contributed by atoms with Crippen LogP contribution < -0.4 is 5.56 Å². The molecular weight excluding hydrogens is 292 g/mol. The molecule has 2 aliphatic carbocycles. The van der Waals surface area contributed by atoms with Crippen LogP contribution in [0.4, 0.5) is 0 Å². The molecule has 0 aliphatic heterocycles. The summed E-state index contributed by atoms with van der Waals surface area (Å²) in [5.74, 6) is 0.187. The lowest BCUT2D eigenvalue weighted by atomic mass is 9.85. The summed E-state index contributed by atoms with van der Waals surface area (Å²) in [5.41, 5.74) is 0.916. The number of amides is 1. The van der Waals surface area contributed by atoms with Gasteiger partial charge in [0.15, 0.2) is 5.78 Å². The molecule has 1 aromatic heterocycles. The molecule has 1 aromatic rings. The smallest absolute Gasteiger partial charge is 0.261 e. The maximum Gasteiger partial charge on any atom is 0.261 e. The average molecular weight is 316 g/mol. The molecule has 2 aliphatic rings. The van der Waals surface area contributed by atoms with Crippen molar-refractivity contribution in [3.63, 3.8) is 0 Å². The van der Waals surface area contributed by atoms with Crippen molar-refractivity contribution in [2.45, 2.75) is 57.9 Å². The Bertz CT molecular complexity index is 692. The number of H-pyrrole nitrogens is 1. The van der Waals surface area contributed by atoms with Crippen molar-refractivity contribution in [3.8, 4) is 0 Å². The third-order valence-electron chi connectivity index (χ3n) is 5.37. The van der Waals surface area contributed by atoms with Gasteiger partial charge in [-0.05, 0) is 37.7 Å². The minimum Gasteiger partial charge on any atom is -0.338 e. The Morgan fingerprint density at radius 3 is 2.65 bits per heavy atom. The number of aromatic amines is 1. The summed E-state index contributed by atoms with van der Waals surface area (Å²) in [4.78, 5) is 41.6. The van der Waals surface area contributed by atoms with E-state index >= 15 is 0 Å². The van der Waals surface area contributed by atoms with E-state index in [9.17, 15) is 14.4 Å². The van der Waals surface area contributed by atoms with E-state index in [0.29, 0.717) is 30.0 Å². The van der Waals surface area contributed by atoms with Gasteiger partial charge in [0.2, 0.25) is 0 Å². The maximum atomic E-state index is 12.8. The average Bonchev–Trinajstić information content (AvgIpc) is 2.54. The van der Waals surface area contributed by atoms with Gasteiger partial charge in [0.1, 0.15) is 5.56 Å². The summed E-state index contributed by atoms with van der Waals surface area (Å²) < 4.78 is 0. The molecule has 1 amide bonds. The van der Waals surface area contributed by atoms with E-state index in [1.54, 1.807) is 11.9 Å². The summed E-state index contributed by atoms with van der Waals surface area (Å²) in [6, 6.07) is 1.68. The van der Waals surface area contributed by atoms with Crippen LogP contribution in [0.2, 0.25) is 0 Å². The number of rotatable bonds is 2. The Morgan fingerprint density at radius 2 is 1.91 bits per heavy atom. The summed E-state index contributed by atoms with van der Waals surface area (Å²) in [5, 5.41) is 0. The highest BCUT2D eigenvalue weighted by Gasteiger charge is 2.30. The van der Waals surface area contributed by atoms with E-state index < -0.39 is 0 Å². The minimum atomic E-state index is -0.376. The number of hydrogen-bond donors (Lipinski definition) is 1. The molecule has 23 heavy (non-hydrogen) atoms. The van der Waals surface area contributed by atoms with Gasteiger partial charge in [-0.25, -0.2) is 0 Å². The Balaban J connectivity index is 1.91. The zero-order valence-electron chi connectivity index (χ0n) is 13.9. The van der Waals surface area contributed by atoms with Crippen LogP contribution in [0.15, 0.2) is 10.9 Å². The largest absolute Gasteiger partial charge is 0.338 e. The number of nitrogens with one attached hydrogen (secondary N) is 1. The van der Waals surface area contributed by atoms with Crippen LogP contribution in [0.25, 0.3) is 0 Å². The number of fused-ring (bicyclic) bond motifs is 1. The zero-order valence-corrected chi connectivity index (χ0v) is 13.9. The number of aromatic nitrogens is 1. The molecule has 1 heterocycles. The highest BCUT2D eigenvalue weighted by Crippen LogP contribution is 2.28. The van der Waals surface area contributed by atoms with Crippen molar-refractivity contribution in [1.82, 2.24) is 9.88 Å². The summed E-state index contributed by atoms with van der Waals surface area (Å²) in [7, 11) is 1.77. The van der Waals surface area contributed by atoms with E-state index in [2.05, 4.69) is 11.9 Å². The number of Topliss-reactive ketones (excluding diaryl/α,β-unsaturated/α-hetero) is 1. The van der Waals surface area contributed by atoms with E-state index in [1.807, 2.05) is 0 Å². The van der Waals surface area contributed by atoms with Crippen molar-refractivity contribution >= 4 is 11.7 Å². The lowest BCUT2D eigenvalue weighted by Crippen LogP contribution is -2.44. The number of carbonyl (C=O) groups excluding carboxylic acids is 2. The van der Waals surface area contributed by atoms with Crippen LogP contribution in [0, 0.1) is 5.92 Å². The van der Waals surface area contributed by atoms with E-state index in [1.165, 1.54) is 12.5 Å². The van der Waals surface area contributed by atoms with E-state index in [-0.39, 0.29) is 28.9 Å². The van der Waals surface area contributed by atoms with Crippen LogP contribution in [-0.2, 0) is 6.42 Å². The summed E-state index contributed by atoms with van der Waals surface area (Å²) in [6.45, 7) is 2.16. The lowest BCUT2D eigenvalue weighted by molar-refractivity contribution is 0.0627. The predicted molar refractivity (Wildman–Crippen MR) is 87.8 cm³/mol. The van der Waals surface area contributed by atoms with Crippen LogP contribution >= 0.6 is 0 Å². The van der Waals surface area contributed by atoms with E-state index in [4.69, 9.17) is 0 Å². The summed E-state index contributed by atoms with van der Waals surface area (Å²) >= 11 is 0. The second-order valence-electron chi connectivity index (χ2n) is 6.93. The predicted octanol–water partition coefficient (Wildman–Crippen LogP) is 2.54. The second kappa shape index (κ2) is 6.30. The monoisotopic (exact) mass is 316 g/mol. The molecule has 5 heteroatoms. The Morgan fingerprint density at radius 1 is 1.17 bits per heavy atom. The molecule has 5 nitrogen and oxygen atoms in total. The van der Waals surface area contributed by atoms with Crippen molar-refractivity contribution < 1.29 is 9.59 Å². The van der Waals surface area contributed by atoms with Crippen LogP contribution in [0.5, 0.6) is 0 Å². The number of pyridine rings is 1. The van der Waals surface area contributed by atoms with Gasteiger partial charge in [-0.3, -0.25) is 14.4 Å². The topological polar surface area (TPSA) is 70.2 Å². The first-order chi connectivity index (χ1) is 11.0. The molecule has 1 fully saturated rings. The van der Waals surface area contributed by atoms with Gasteiger partial charge in [0, 0.05) is 30.8 Å². The number of ketones is 1. The molecule has 0 saturated heterocycles. The molecule has 3 rings (SSSR count). The molecular formula is C18H24N2O3. The third kappa shape index (κ3) is 2.96. The molecule has 2 unspecified atom stereocenters. The first-order valence-corrected chi connectivity index (χ1v) is 8.55. The summed E-state index contributed by atoms with van der Waals surface area (Å²) in [6.07, 6.45) is 6.35. The standard InChI is InChI=1S/C18H24N2O3/c1-11-6-3-4-8-15(11)20(2)18(23)13-10-12-14(19-17(13)22)7-5-9-16(12)21/h10-11,15H,3-9H2,1-2H3,(H,19,22). The molecule has 0 radical (unpaired) electrons. The Labute approximate surface area is 136 Å². The third-order valence-corrected chi connectivity index (χ3v) is 5.37. The molecule has 0 spiro atoms. The highest BCUT2D eigenvalue weighted by molar-refractivity contribution is 6.01. The van der Waals surface area contributed by atoms with Gasteiger partial charge in [-0.15, -0.1) is 0 Å². The highest BCUT2D eigenvalue weighted by atomic mass is 16.2. The van der Waals surface area contributed by atoms with Gasteiger partial charge in [0.05, 0.1) is 0 Å². The molecule has 2 atom stereocenters. The van der Waals surface area contributed by atoms with Crippen molar-refractivity contribution in [2.75, 3.05) is 7.05 Å². The lowest BCUT2D eigenvalue weighted by Gasteiger charge is -2.36. The minimum absolute atomic E-state index is 0.0187. The Kier molecular flexibility index (Phi) is 4.37. The zero-order chi connectivity index (χ0) is 16.6. The van der Waals surface area contributed by atoms with Gasteiger partial charge in [-0.2, -0.15) is 0 Å². The van der Waals surface area contributed by atoms with Crippen molar-refractivity contribution in [1.29, 1.82) is 0 Å². The van der Waals surface area contributed by atoms with Crippen LogP contribution in [-0.4, -0.2) is 34.7 Å². The quantitative estimate of drug-likeness (QED) is 0.911. The first kappa shape index (κ1) is 16.0. The van der Waals surface area contributed by atoms with Crippen molar-refractivity contribution in [2.24, 2.45) is 5.92 Å². The fraction of sp³-hybridized carbons (Fsp3) is 0.611. The SMILES string of the molecule is CC1CCCCC1N(C)C(=O)c1cc2c([nH]c1=O)CCCC2=O. The fourth-order valence-electron chi connectivity index (χ4n) is 3.95. The van der Waals surface area contributed by atoms with Gasteiger partial charge >= 0.3 is 0 Å². The van der Waals surface area contributed by atoms with Crippen LogP contribution in [0.3, 0.4) is 0 Å². The van der Waals surface area contributed by atoms with Gasteiger partial charge in [0.25, 0.3) is 11.5 Å². The molecule has 1 N–H and O–H groups in total. The Hall–Kier alpha value is -1.91. The first-order valence-electron chi connectivity index (χ1n) is 8.55. The van der Waals surface area contributed by atoms with Crippen molar-refractivity contribution in [3.05, 3.63) is 33.2 Å². The molecule has 1 saturated carbocycles. The molecule has 0 aromatic carbocycles.